The van der Waals surface area contributed by atoms with Crippen molar-refractivity contribution in [3.8, 4) is 0 Å². The van der Waals surface area contributed by atoms with Crippen LogP contribution in [0.2, 0.25) is 0 Å². The van der Waals surface area contributed by atoms with Crippen LogP contribution in [-0.2, 0) is 0 Å². The number of aliphatic hydroxyl groups excluding tert-OH is 1. The maximum atomic E-state index is 13.3. The Morgan fingerprint density at radius 3 is 2.75 bits per heavy atom. The molecule has 4 N–H and O–H groups in total. The molecule has 1 atom stereocenters. The van der Waals surface area contributed by atoms with Gasteiger partial charge in [0, 0.05) is 13.2 Å². The minimum Gasteiger partial charge on any atom is -0.397 e. The topological polar surface area (TPSA) is 58.3 Å². The van der Waals surface area contributed by atoms with Gasteiger partial charge >= 0.3 is 0 Å². The quantitative estimate of drug-likeness (QED) is 0.678. The van der Waals surface area contributed by atoms with Crippen LogP contribution in [0.5, 0.6) is 0 Å². The molecule has 16 heavy (non-hydrogen) atoms. The number of halogens is 2. The standard InChI is InChI=1S/C11H16F2N2O/c1-7(4-5-16)6-15-11-9(14)3-2-8(12)10(11)13/h2-3,7,15-16H,4-6,14H2,1H3. The maximum absolute atomic E-state index is 13.3. The molecule has 1 rings (SSSR count). The van der Waals surface area contributed by atoms with Gasteiger partial charge in [0.25, 0.3) is 0 Å². The van der Waals surface area contributed by atoms with E-state index in [1.165, 1.54) is 6.07 Å². The lowest BCUT2D eigenvalue weighted by atomic mass is 10.1. The first-order valence-electron chi connectivity index (χ1n) is 5.14. The summed E-state index contributed by atoms with van der Waals surface area (Å²) in [5.74, 6) is -1.73. The average Bonchev–Trinajstić information content (AvgIpc) is 2.24. The monoisotopic (exact) mass is 230 g/mol. The number of nitrogens with two attached hydrogens (primary N) is 1. The fourth-order valence-corrected chi connectivity index (χ4v) is 1.34. The number of nitrogens with one attached hydrogen (secondary N) is 1. The summed E-state index contributed by atoms with van der Waals surface area (Å²) in [5.41, 5.74) is 5.70. The third-order valence-corrected chi connectivity index (χ3v) is 2.38. The predicted octanol–water partition coefficient (Wildman–Crippen LogP) is 1.98. The molecule has 0 aliphatic heterocycles. The van der Waals surface area contributed by atoms with Gasteiger partial charge in [-0.15, -0.1) is 0 Å². The molecule has 0 aliphatic carbocycles. The van der Waals surface area contributed by atoms with Crippen molar-refractivity contribution < 1.29 is 13.9 Å². The second-order valence-electron chi connectivity index (χ2n) is 3.82. The summed E-state index contributed by atoms with van der Waals surface area (Å²) in [6, 6.07) is 2.31. The molecule has 0 saturated heterocycles. The molecule has 1 aromatic carbocycles. The van der Waals surface area contributed by atoms with Crippen LogP contribution in [0.15, 0.2) is 12.1 Å². The number of hydrogen-bond acceptors (Lipinski definition) is 3. The van der Waals surface area contributed by atoms with Crippen LogP contribution >= 0.6 is 0 Å². The average molecular weight is 230 g/mol. The molecule has 0 saturated carbocycles. The summed E-state index contributed by atoms with van der Waals surface area (Å²) in [7, 11) is 0. The number of aliphatic hydroxyl groups is 1. The Morgan fingerprint density at radius 1 is 1.44 bits per heavy atom. The van der Waals surface area contributed by atoms with E-state index >= 15 is 0 Å². The van der Waals surface area contributed by atoms with E-state index in [1.807, 2.05) is 6.92 Å². The first kappa shape index (κ1) is 12.7. The zero-order valence-corrected chi connectivity index (χ0v) is 9.13. The molecule has 3 nitrogen and oxygen atoms in total. The van der Waals surface area contributed by atoms with Gasteiger partial charge in [-0.3, -0.25) is 0 Å². The van der Waals surface area contributed by atoms with Crippen molar-refractivity contribution >= 4 is 11.4 Å². The van der Waals surface area contributed by atoms with Gasteiger partial charge in [0.05, 0.1) is 11.4 Å². The highest BCUT2D eigenvalue weighted by Gasteiger charge is 2.12. The third-order valence-electron chi connectivity index (χ3n) is 2.38. The van der Waals surface area contributed by atoms with Gasteiger partial charge < -0.3 is 16.2 Å². The summed E-state index contributed by atoms with van der Waals surface area (Å²) < 4.78 is 26.3. The normalized spacial score (nSPS) is 12.5. The van der Waals surface area contributed by atoms with Crippen LogP contribution in [0.4, 0.5) is 20.2 Å². The largest absolute Gasteiger partial charge is 0.397 e. The molecule has 0 heterocycles. The molecule has 0 aromatic heterocycles. The van der Waals surface area contributed by atoms with Gasteiger partial charge in [-0.2, -0.15) is 0 Å². The SMILES string of the molecule is CC(CCO)CNc1c(N)ccc(F)c1F. The minimum absolute atomic E-state index is 0.00945. The molecule has 90 valence electrons. The van der Waals surface area contributed by atoms with Crippen molar-refractivity contribution in [1.82, 2.24) is 0 Å². The maximum Gasteiger partial charge on any atom is 0.183 e. The molecular weight excluding hydrogens is 214 g/mol. The highest BCUT2D eigenvalue weighted by atomic mass is 19.2. The van der Waals surface area contributed by atoms with Gasteiger partial charge in [-0.1, -0.05) is 6.92 Å². The van der Waals surface area contributed by atoms with Crippen molar-refractivity contribution in [3.63, 3.8) is 0 Å². The Hall–Kier alpha value is -1.36. The molecule has 0 radical (unpaired) electrons. The van der Waals surface area contributed by atoms with Crippen LogP contribution in [0.1, 0.15) is 13.3 Å². The van der Waals surface area contributed by atoms with Crippen LogP contribution < -0.4 is 11.1 Å². The first-order chi connectivity index (χ1) is 7.56. The second kappa shape index (κ2) is 5.65. The van der Waals surface area contributed by atoms with E-state index in [4.69, 9.17) is 10.8 Å². The lowest BCUT2D eigenvalue weighted by Gasteiger charge is -2.14. The molecular formula is C11H16F2N2O. The van der Waals surface area contributed by atoms with E-state index in [2.05, 4.69) is 5.32 Å². The molecule has 0 fully saturated rings. The predicted molar refractivity (Wildman–Crippen MR) is 60.1 cm³/mol. The summed E-state index contributed by atoms with van der Waals surface area (Å²) in [6.07, 6.45) is 0.601. The molecule has 5 heteroatoms. The molecule has 1 unspecified atom stereocenters. The molecule has 1 aromatic rings. The van der Waals surface area contributed by atoms with Gasteiger partial charge in [0.15, 0.2) is 11.6 Å². The highest BCUT2D eigenvalue weighted by molar-refractivity contribution is 5.66. The van der Waals surface area contributed by atoms with Crippen LogP contribution in [-0.4, -0.2) is 18.3 Å². The smallest absolute Gasteiger partial charge is 0.183 e. The van der Waals surface area contributed by atoms with Crippen LogP contribution in [0, 0.1) is 17.6 Å². The van der Waals surface area contributed by atoms with Gasteiger partial charge in [0.1, 0.15) is 0 Å². The van der Waals surface area contributed by atoms with Crippen molar-refractivity contribution in [1.29, 1.82) is 0 Å². The molecule has 0 aliphatic rings. The van der Waals surface area contributed by atoms with E-state index in [0.717, 1.165) is 6.07 Å². The third kappa shape index (κ3) is 3.06. The van der Waals surface area contributed by atoms with E-state index in [0.29, 0.717) is 13.0 Å². The zero-order chi connectivity index (χ0) is 12.1. The summed E-state index contributed by atoms with van der Waals surface area (Å²) in [6.45, 7) is 2.41. The number of benzene rings is 1. The fourth-order valence-electron chi connectivity index (χ4n) is 1.34. The lowest BCUT2D eigenvalue weighted by Crippen LogP contribution is -2.15. The number of rotatable bonds is 5. The van der Waals surface area contributed by atoms with E-state index in [-0.39, 0.29) is 23.9 Å². The van der Waals surface area contributed by atoms with Gasteiger partial charge in [-0.05, 0) is 24.5 Å². The fraction of sp³-hybridized carbons (Fsp3) is 0.455. The Morgan fingerprint density at radius 2 is 2.12 bits per heavy atom. The van der Waals surface area contributed by atoms with Crippen molar-refractivity contribution in [3.05, 3.63) is 23.8 Å². The minimum atomic E-state index is -0.962. The number of nitrogen functional groups attached to an aromatic ring is 1. The summed E-state index contributed by atoms with van der Waals surface area (Å²) in [4.78, 5) is 0. The summed E-state index contributed by atoms with van der Waals surface area (Å²) in [5, 5.41) is 11.5. The molecule has 0 bridgehead atoms. The lowest BCUT2D eigenvalue weighted by molar-refractivity contribution is 0.266. The Bertz CT molecular complexity index is 358. The number of hydrogen-bond donors (Lipinski definition) is 3. The van der Waals surface area contributed by atoms with Crippen LogP contribution in [0.25, 0.3) is 0 Å². The van der Waals surface area contributed by atoms with Crippen LogP contribution in [0.3, 0.4) is 0 Å². The van der Waals surface area contributed by atoms with E-state index < -0.39 is 11.6 Å². The second-order valence-corrected chi connectivity index (χ2v) is 3.82. The first-order valence-corrected chi connectivity index (χ1v) is 5.14. The molecule has 0 spiro atoms. The van der Waals surface area contributed by atoms with Crippen molar-refractivity contribution in [2.45, 2.75) is 13.3 Å². The Kier molecular flexibility index (Phi) is 4.49. The Labute approximate surface area is 93.3 Å². The molecule has 0 amide bonds. The zero-order valence-electron chi connectivity index (χ0n) is 9.13. The summed E-state index contributed by atoms with van der Waals surface area (Å²) >= 11 is 0. The Balaban J connectivity index is 2.70. The van der Waals surface area contributed by atoms with Gasteiger partial charge in [0.2, 0.25) is 0 Å². The van der Waals surface area contributed by atoms with Gasteiger partial charge in [-0.25, -0.2) is 8.78 Å². The number of anilines is 2. The van der Waals surface area contributed by atoms with E-state index in [1.54, 1.807) is 0 Å². The van der Waals surface area contributed by atoms with E-state index in [9.17, 15) is 8.78 Å². The highest BCUT2D eigenvalue weighted by Crippen LogP contribution is 2.24. The van der Waals surface area contributed by atoms with Crippen molar-refractivity contribution in [2.75, 3.05) is 24.2 Å². The van der Waals surface area contributed by atoms with Crippen molar-refractivity contribution in [2.24, 2.45) is 5.92 Å².